The van der Waals surface area contributed by atoms with Crippen LogP contribution in [0.5, 0.6) is 0 Å². The van der Waals surface area contributed by atoms with Crippen molar-refractivity contribution in [1.29, 1.82) is 0 Å². The highest BCUT2D eigenvalue weighted by atomic mass is 16.5. The van der Waals surface area contributed by atoms with Crippen LogP contribution in [-0.2, 0) is 4.74 Å². The molecule has 3 N–H and O–H groups in total. The van der Waals surface area contributed by atoms with Gasteiger partial charge in [0.1, 0.15) is 0 Å². The standard InChI is InChI=1S/C14H26N2O2/c15-9-14(17,11-5-6-11)10-16-7-8-18-13-4-2-1-3-12(13)16/h11-13,17H,1-10,15H2. The molecule has 4 heteroatoms. The second kappa shape index (κ2) is 5.08. The monoisotopic (exact) mass is 254 g/mol. The van der Waals surface area contributed by atoms with E-state index in [-0.39, 0.29) is 0 Å². The predicted molar refractivity (Wildman–Crippen MR) is 70.3 cm³/mol. The minimum atomic E-state index is -0.653. The van der Waals surface area contributed by atoms with Gasteiger partial charge < -0.3 is 15.6 Å². The van der Waals surface area contributed by atoms with Crippen molar-refractivity contribution in [2.45, 2.75) is 56.3 Å². The molecule has 3 aliphatic rings. The maximum absolute atomic E-state index is 10.7. The Balaban J connectivity index is 1.66. The molecule has 18 heavy (non-hydrogen) atoms. The zero-order valence-corrected chi connectivity index (χ0v) is 11.2. The molecule has 2 saturated carbocycles. The molecule has 1 aliphatic heterocycles. The Morgan fingerprint density at radius 3 is 2.72 bits per heavy atom. The zero-order valence-electron chi connectivity index (χ0n) is 11.2. The van der Waals surface area contributed by atoms with Gasteiger partial charge in [0.25, 0.3) is 0 Å². The Morgan fingerprint density at radius 2 is 2.00 bits per heavy atom. The lowest BCUT2D eigenvalue weighted by atomic mass is 9.88. The molecule has 0 bridgehead atoms. The number of nitrogens with zero attached hydrogens (tertiary/aromatic N) is 1. The quantitative estimate of drug-likeness (QED) is 0.776. The van der Waals surface area contributed by atoms with Crippen LogP contribution in [0.1, 0.15) is 38.5 Å². The van der Waals surface area contributed by atoms with Crippen LogP contribution < -0.4 is 5.73 Å². The maximum atomic E-state index is 10.7. The first kappa shape index (κ1) is 12.9. The Morgan fingerprint density at radius 1 is 1.22 bits per heavy atom. The van der Waals surface area contributed by atoms with Gasteiger partial charge in [0.15, 0.2) is 0 Å². The van der Waals surface area contributed by atoms with E-state index in [4.69, 9.17) is 10.5 Å². The van der Waals surface area contributed by atoms with Gasteiger partial charge in [0, 0.05) is 25.7 Å². The van der Waals surface area contributed by atoms with E-state index in [9.17, 15) is 5.11 Å². The number of rotatable bonds is 4. The average molecular weight is 254 g/mol. The smallest absolute Gasteiger partial charge is 0.0923 e. The molecule has 0 aromatic carbocycles. The Hall–Kier alpha value is -0.160. The first-order chi connectivity index (χ1) is 8.73. The summed E-state index contributed by atoms with van der Waals surface area (Å²) in [6.45, 7) is 2.91. The highest BCUT2D eigenvalue weighted by molar-refractivity contribution is 5.00. The van der Waals surface area contributed by atoms with Crippen LogP contribution >= 0.6 is 0 Å². The van der Waals surface area contributed by atoms with Gasteiger partial charge in [0.2, 0.25) is 0 Å². The second-order valence-corrected chi connectivity index (χ2v) is 6.31. The summed E-state index contributed by atoms with van der Waals surface area (Å²) in [5.74, 6) is 0.437. The molecule has 2 aliphatic carbocycles. The van der Waals surface area contributed by atoms with E-state index >= 15 is 0 Å². The van der Waals surface area contributed by atoms with Gasteiger partial charge >= 0.3 is 0 Å². The lowest BCUT2D eigenvalue weighted by Crippen LogP contribution is -2.59. The van der Waals surface area contributed by atoms with Crippen molar-refractivity contribution in [3.05, 3.63) is 0 Å². The molecule has 3 unspecified atom stereocenters. The van der Waals surface area contributed by atoms with Gasteiger partial charge in [-0.1, -0.05) is 12.8 Å². The largest absolute Gasteiger partial charge is 0.387 e. The van der Waals surface area contributed by atoms with Gasteiger partial charge in [-0.05, 0) is 31.6 Å². The fourth-order valence-corrected chi connectivity index (χ4v) is 3.71. The van der Waals surface area contributed by atoms with E-state index in [2.05, 4.69) is 4.90 Å². The first-order valence-electron chi connectivity index (χ1n) is 7.51. The molecule has 4 nitrogen and oxygen atoms in total. The fourth-order valence-electron chi connectivity index (χ4n) is 3.71. The lowest BCUT2D eigenvalue weighted by Gasteiger charge is -2.46. The average Bonchev–Trinajstić information content (AvgIpc) is 3.24. The van der Waals surface area contributed by atoms with Crippen LogP contribution in [-0.4, -0.2) is 54.0 Å². The van der Waals surface area contributed by atoms with Crippen LogP contribution in [0.25, 0.3) is 0 Å². The maximum Gasteiger partial charge on any atom is 0.0923 e. The third-order valence-electron chi connectivity index (χ3n) is 5.01. The van der Waals surface area contributed by atoms with Crippen molar-refractivity contribution in [3.8, 4) is 0 Å². The fraction of sp³-hybridized carbons (Fsp3) is 1.00. The Kier molecular flexibility index (Phi) is 3.63. The van der Waals surface area contributed by atoms with Gasteiger partial charge in [-0.2, -0.15) is 0 Å². The van der Waals surface area contributed by atoms with E-state index in [0.717, 1.165) is 32.5 Å². The van der Waals surface area contributed by atoms with E-state index in [1.807, 2.05) is 0 Å². The molecule has 3 rings (SSSR count). The van der Waals surface area contributed by atoms with Gasteiger partial charge in [0.05, 0.1) is 18.3 Å². The van der Waals surface area contributed by atoms with Gasteiger partial charge in [-0.3, -0.25) is 4.90 Å². The second-order valence-electron chi connectivity index (χ2n) is 6.31. The molecule has 0 radical (unpaired) electrons. The summed E-state index contributed by atoms with van der Waals surface area (Å²) >= 11 is 0. The molecular weight excluding hydrogens is 228 g/mol. The summed E-state index contributed by atoms with van der Waals surface area (Å²) in [6, 6.07) is 0.518. The van der Waals surface area contributed by atoms with Crippen LogP contribution in [0.2, 0.25) is 0 Å². The number of nitrogens with two attached hydrogens (primary N) is 1. The van der Waals surface area contributed by atoms with Crippen LogP contribution in [0.4, 0.5) is 0 Å². The number of ether oxygens (including phenoxy) is 1. The van der Waals surface area contributed by atoms with Crippen molar-refractivity contribution in [2.24, 2.45) is 11.7 Å². The zero-order chi connectivity index (χ0) is 12.6. The number of morpholine rings is 1. The third-order valence-corrected chi connectivity index (χ3v) is 5.01. The van der Waals surface area contributed by atoms with Crippen molar-refractivity contribution in [3.63, 3.8) is 0 Å². The summed E-state index contributed by atoms with van der Waals surface area (Å²) in [5, 5.41) is 10.7. The summed E-state index contributed by atoms with van der Waals surface area (Å²) in [4.78, 5) is 2.46. The first-order valence-corrected chi connectivity index (χ1v) is 7.51. The topological polar surface area (TPSA) is 58.7 Å². The van der Waals surface area contributed by atoms with Crippen molar-refractivity contribution in [2.75, 3.05) is 26.2 Å². The summed E-state index contributed by atoms with van der Waals surface area (Å²) < 4.78 is 5.88. The summed E-state index contributed by atoms with van der Waals surface area (Å²) in [6.07, 6.45) is 7.68. The number of aliphatic hydroxyl groups is 1. The van der Waals surface area contributed by atoms with E-state index in [1.165, 1.54) is 25.7 Å². The number of hydrogen-bond acceptors (Lipinski definition) is 4. The molecule has 3 atom stereocenters. The summed E-state index contributed by atoms with van der Waals surface area (Å²) in [7, 11) is 0. The minimum Gasteiger partial charge on any atom is -0.387 e. The lowest BCUT2D eigenvalue weighted by molar-refractivity contribution is -0.114. The highest BCUT2D eigenvalue weighted by Crippen LogP contribution is 2.40. The highest BCUT2D eigenvalue weighted by Gasteiger charge is 2.46. The van der Waals surface area contributed by atoms with Crippen LogP contribution in [0.15, 0.2) is 0 Å². The molecule has 104 valence electrons. The molecule has 0 aromatic rings. The molecule has 3 fully saturated rings. The van der Waals surface area contributed by atoms with Crippen molar-refractivity contribution < 1.29 is 9.84 Å². The third kappa shape index (κ3) is 2.44. The molecule has 0 spiro atoms. The molecule has 1 saturated heterocycles. The van der Waals surface area contributed by atoms with Gasteiger partial charge in [-0.25, -0.2) is 0 Å². The van der Waals surface area contributed by atoms with E-state index in [1.54, 1.807) is 0 Å². The van der Waals surface area contributed by atoms with E-state index < -0.39 is 5.60 Å². The predicted octanol–water partition coefficient (Wildman–Crippen LogP) is 0.730. The normalized spacial score (nSPS) is 37.0. The minimum absolute atomic E-state index is 0.395. The SMILES string of the molecule is NCC(O)(CN1CCOC2CCCCC21)C1CC1. The number of hydrogen-bond donors (Lipinski definition) is 2. The Bertz CT molecular complexity index is 294. The molecule has 0 amide bonds. The van der Waals surface area contributed by atoms with Crippen molar-refractivity contribution in [1.82, 2.24) is 4.90 Å². The van der Waals surface area contributed by atoms with Crippen molar-refractivity contribution >= 4 is 0 Å². The molecule has 0 aromatic heterocycles. The summed E-state index contributed by atoms with van der Waals surface area (Å²) in [5.41, 5.74) is 5.17. The Labute approximate surface area is 109 Å². The molecule has 1 heterocycles. The van der Waals surface area contributed by atoms with E-state index in [0.29, 0.717) is 24.6 Å². The number of fused-ring (bicyclic) bond motifs is 1. The molecular formula is C14H26N2O2. The number of β-amino-alcohol motifs (C(OH)–C–C–N with tert-alkyl or cyclic N) is 1. The van der Waals surface area contributed by atoms with Crippen LogP contribution in [0, 0.1) is 5.92 Å². The van der Waals surface area contributed by atoms with Crippen LogP contribution in [0.3, 0.4) is 0 Å². The van der Waals surface area contributed by atoms with Gasteiger partial charge in [-0.15, -0.1) is 0 Å².